The van der Waals surface area contributed by atoms with E-state index in [0.717, 1.165) is 39.0 Å². The van der Waals surface area contributed by atoms with E-state index < -0.39 is 0 Å². The molecule has 0 radical (unpaired) electrons. The van der Waals surface area contributed by atoms with Gasteiger partial charge in [0.05, 0.1) is 11.1 Å². The van der Waals surface area contributed by atoms with Gasteiger partial charge in [-0.25, -0.2) is 0 Å². The Morgan fingerprint density at radius 3 is 2.08 bits per heavy atom. The lowest BCUT2D eigenvalue weighted by molar-refractivity contribution is -0.131. The normalized spacial score (nSPS) is 24.8. The zero-order valence-electron chi connectivity index (χ0n) is 14.6. The predicted octanol–water partition coefficient (Wildman–Crippen LogP) is 1.55. The Hall–Kier alpha value is -1.92. The largest absolute Gasteiger partial charge is 0.343 e. The third-order valence-electron chi connectivity index (χ3n) is 5.80. The average Bonchev–Trinajstić information content (AvgIpc) is 3.10. The first-order chi connectivity index (χ1) is 12.1. The molecule has 0 saturated carbocycles. The van der Waals surface area contributed by atoms with Crippen LogP contribution in [0.1, 0.15) is 40.0 Å². The number of nitrogens with one attached hydrogen (secondary N) is 1. The molecule has 3 aliphatic heterocycles. The summed E-state index contributed by atoms with van der Waals surface area (Å²) in [5.74, 6) is 0.822. The van der Waals surface area contributed by atoms with Gasteiger partial charge in [0.2, 0.25) is 5.91 Å². The molecule has 0 spiro atoms. The van der Waals surface area contributed by atoms with Crippen molar-refractivity contribution in [3.8, 4) is 0 Å². The van der Waals surface area contributed by atoms with Crippen LogP contribution in [0.4, 0.5) is 0 Å². The lowest BCUT2D eigenvalue weighted by Crippen LogP contribution is -2.37. The molecule has 1 aromatic rings. The molecular formula is C19H24ClN3O3. The first-order valence-electron chi connectivity index (χ1n) is 9.09. The first kappa shape index (κ1) is 18.9. The zero-order valence-corrected chi connectivity index (χ0v) is 15.5. The Kier molecular flexibility index (Phi) is 5.63. The summed E-state index contributed by atoms with van der Waals surface area (Å²) in [7, 11) is 0. The summed E-state index contributed by atoms with van der Waals surface area (Å²) in [5, 5.41) is 3.43. The molecule has 2 fully saturated rings. The minimum absolute atomic E-state index is 0. The van der Waals surface area contributed by atoms with E-state index in [-0.39, 0.29) is 43.1 Å². The molecule has 0 aliphatic carbocycles. The fraction of sp³-hybridized carbons (Fsp3) is 0.526. The van der Waals surface area contributed by atoms with Crippen LogP contribution in [0.5, 0.6) is 0 Å². The molecule has 0 aromatic heterocycles. The van der Waals surface area contributed by atoms with E-state index in [1.807, 2.05) is 4.90 Å². The van der Waals surface area contributed by atoms with Crippen molar-refractivity contribution >= 4 is 30.1 Å². The number of carbonyl (C=O) groups is 3. The Bertz CT molecular complexity index is 675. The number of hydrogen-bond acceptors (Lipinski definition) is 4. The lowest BCUT2D eigenvalue weighted by atomic mass is 9.92. The van der Waals surface area contributed by atoms with E-state index in [9.17, 15) is 14.4 Å². The SMILES string of the molecule is Cl.O=C(CCN1C(=O)c2ccccc2C1=O)N1CC[C@@H]2CNC[C@@H]2CC1. The summed E-state index contributed by atoms with van der Waals surface area (Å²) in [6.45, 7) is 3.84. The van der Waals surface area contributed by atoms with Crippen LogP contribution < -0.4 is 5.32 Å². The fourth-order valence-electron chi connectivity index (χ4n) is 4.28. The van der Waals surface area contributed by atoms with Crippen LogP contribution in [0.3, 0.4) is 0 Å². The number of nitrogens with zero attached hydrogens (tertiary/aromatic N) is 2. The van der Waals surface area contributed by atoms with Crippen molar-refractivity contribution in [3.05, 3.63) is 35.4 Å². The van der Waals surface area contributed by atoms with Gasteiger partial charge in [-0.05, 0) is 49.9 Å². The van der Waals surface area contributed by atoms with Crippen LogP contribution in [0, 0.1) is 11.8 Å². The van der Waals surface area contributed by atoms with Crippen molar-refractivity contribution < 1.29 is 14.4 Å². The van der Waals surface area contributed by atoms with Crippen molar-refractivity contribution in [2.75, 3.05) is 32.7 Å². The number of benzene rings is 1. The highest BCUT2D eigenvalue weighted by Gasteiger charge is 2.36. The summed E-state index contributed by atoms with van der Waals surface area (Å²) in [4.78, 5) is 40.4. The molecule has 3 heterocycles. The molecule has 0 bridgehead atoms. The maximum atomic E-state index is 12.6. The Morgan fingerprint density at radius 1 is 1.00 bits per heavy atom. The molecule has 0 unspecified atom stereocenters. The highest BCUT2D eigenvalue weighted by Crippen LogP contribution is 2.27. The standard InChI is InChI=1S/C19H23N3O3.ClH/c23-17(21-8-5-13-11-20-12-14(13)6-9-21)7-10-22-18(24)15-3-1-2-4-16(15)19(22)25;/h1-4,13-14,20H,5-12H2;1H/t13-,14+;. The topological polar surface area (TPSA) is 69.7 Å². The summed E-state index contributed by atoms with van der Waals surface area (Å²) in [6.07, 6.45) is 2.28. The van der Waals surface area contributed by atoms with Gasteiger partial charge >= 0.3 is 0 Å². The molecule has 1 N–H and O–H groups in total. The molecule has 4 rings (SSSR count). The number of fused-ring (bicyclic) bond motifs is 2. The maximum Gasteiger partial charge on any atom is 0.261 e. The summed E-state index contributed by atoms with van der Waals surface area (Å²) >= 11 is 0. The smallest absolute Gasteiger partial charge is 0.261 e. The first-order valence-corrected chi connectivity index (χ1v) is 9.09. The van der Waals surface area contributed by atoms with Gasteiger partial charge in [-0.1, -0.05) is 12.1 Å². The zero-order chi connectivity index (χ0) is 17.4. The fourth-order valence-corrected chi connectivity index (χ4v) is 4.28. The molecule has 1 aromatic carbocycles. The molecule has 6 nitrogen and oxygen atoms in total. The molecule has 7 heteroatoms. The third-order valence-corrected chi connectivity index (χ3v) is 5.80. The van der Waals surface area contributed by atoms with Crippen molar-refractivity contribution in [2.24, 2.45) is 11.8 Å². The van der Waals surface area contributed by atoms with E-state index in [4.69, 9.17) is 0 Å². The monoisotopic (exact) mass is 377 g/mol. The number of imide groups is 1. The maximum absolute atomic E-state index is 12.6. The van der Waals surface area contributed by atoms with Crippen LogP contribution in [-0.4, -0.2) is 60.2 Å². The van der Waals surface area contributed by atoms with Crippen LogP contribution >= 0.6 is 12.4 Å². The average molecular weight is 378 g/mol. The van der Waals surface area contributed by atoms with E-state index in [1.54, 1.807) is 24.3 Å². The summed E-state index contributed by atoms with van der Waals surface area (Å²) < 4.78 is 0. The van der Waals surface area contributed by atoms with E-state index >= 15 is 0 Å². The van der Waals surface area contributed by atoms with Gasteiger partial charge in [0, 0.05) is 26.1 Å². The van der Waals surface area contributed by atoms with Crippen LogP contribution in [0.2, 0.25) is 0 Å². The van der Waals surface area contributed by atoms with Gasteiger partial charge in [-0.15, -0.1) is 12.4 Å². The number of likely N-dealkylation sites (tertiary alicyclic amines) is 1. The number of hydrogen-bond donors (Lipinski definition) is 1. The van der Waals surface area contributed by atoms with Gasteiger partial charge in [-0.3, -0.25) is 19.3 Å². The molecular weight excluding hydrogens is 354 g/mol. The van der Waals surface area contributed by atoms with Gasteiger partial charge in [0.15, 0.2) is 0 Å². The minimum atomic E-state index is -0.287. The summed E-state index contributed by atoms with van der Waals surface area (Å²) in [6, 6.07) is 6.83. The van der Waals surface area contributed by atoms with E-state index in [1.165, 1.54) is 4.90 Å². The van der Waals surface area contributed by atoms with E-state index in [2.05, 4.69) is 5.32 Å². The third kappa shape index (κ3) is 3.35. The van der Waals surface area contributed by atoms with Gasteiger partial charge in [-0.2, -0.15) is 0 Å². The number of halogens is 1. The number of rotatable bonds is 3. The molecule has 26 heavy (non-hydrogen) atoms. The molecule has 2 saturated heterocycles. The Morgan fingerprint density at radius 2 is 1.54 bits per heavy atom. The van der Waals surface area contributed by atoms with Crippen LogP contribution in [-0.2, 0) is 4.79 Å². The second-order valence-electron chi connectivity index (χ2n) is 7.19. The Balaban J connectivity index is 0.00000196. The number of amides is 3. The minimum Gasteiger partial charge on any atom is -0.343 e. The van der Waals surface area contributed by atoms with Gasteiger partial charge < -0.3 is 10.2 Å². The highest BCUT2D eigenvalue weighted by atomic mass is 35.5. The highest BCUT2D eigenvalue weighted by molar-refractivity contribution is 6.21. The lowest BCUT2D eigenvalue weighted by Gasteiger charge is -2.22. The van der Waals surface area contributed by atoms with Gasteiger partial charge in [0.1, 0.15) is 0 Å². The summed E-state index contributed by atoms with van der Waals surface area (Å²) in [5.41, 5.74) is 0.880. The molecule has 140 valence electrons. The van der Waals surface area contributed by atoms with Crippen molar-refractivity contribution in [1.82, 2.24) is 15.1 Å². The van der Waals surface area contributed by atoms with Crippen molar-refractivity contribution in [2.45, 2.75) is 19.3 Å². The van der Waals surface area contributed by atoms with Gasteiger partial charge in [0.25, 0.3) is 11.8 Å². The Labute approximate surface area is 159 Å². The second-order valence-corrected chi connectivity index (χ2v) is 7.19. The molecule has 2 atom stereocenters. The molecule has 3 aliphatic rings. The van der Waals surface area contributed by atoms with Crippen molar-refractivity contribution in [3.63, 3.8) is 0 Å². The second kappa shape index (κ2) is 7.76. The quantitative estimate of drug-likeness (QED) is 0.811. The van der Waals surface area contributed by atoms with Crippen LogP contribution in [0.15, 0.2) is 24.3 Å². The van der Waals surface area contributed by atoms with Crippen molar-refractivity contribution in [1.29, 1.82) is 0 Å². The van der Waals surface area contributed by atoms with Crippen LogP contribution in [0.25, 0.3) is 0 Å². The number of carbonyl (C=O) groups excluding carboxylic acids is 3. The molecule has 3 amide bonds. The predicted molar refractivity (Wildman–Crippen MR) is 99.3 cm³/mol. The van der Waals surface area contributed by atoms with E-state index in [0.29, 0.717) is 23.0 Å².